The molecule has 96 valence electrons. The summed E-state index contributed by atoms with van der Waals surface area (Å²) in [7, 11) is 1.66. The van der Waals surface area contributed by atoms with Gasteiger partial charge in [0.05, 0.1) is 12.6 Å². The number of hydrogen-bond acceptors (Lipinski definition) is 3. The Kier molecular flexibility index (Phi) is 7.45. The van der Waals surface area contributed by atoms with Crippen LogP contribution in [0.4, 0.5) is 4.39 Å². The third kappa shape index (κ3) is 5.63. The molecule has 0 spiro atoms. The maximum Gasteiger partial charge on any atom is 0.234 e. The van der Waals surface area contributed by atoms with Gasteiger partial charge in [0, 0.05) is 6.54 Å². The zero-order valence-corrected chi connectivity index (χ0v) is 10.3. The highest BCUT2D eigenvalue weighted by Gasteiger charge is 2.08. The largest absolute Gasteiger partial charge is 0.387 e. The van der Waals surface area contributed by atoms with Crippen LogP contribution >= 0.6 is 12.4 Å². The van der Waals surface area contributed by atoms with Crippen molar-refractivity contribution in [1.29, 1.82) is 0 Å². The lowest BCUT2D eigenvalue weighted by molar-refractivity contribution is -0.120. The van der Waals surface area contributed by atoms with Crippen LogP contribution in [0, 0.1) is 5.82 Å². The molecule has 0 aliphatic carbocycles. The van der Waals surface area contributed by atoms with Crippen molar-refractivity contribution in [1.82, 2.24) is 10.6 Å². The molecule has 1 rings (SSSR count). The number of likely N-dealkylation sites (N-methyl/N-ethyl adjacent to an activating group) is 1. The number of benzene rings is 1. The Morgan fingerprint density at radius 3 is 2.53 bits per heavy atom. The summed E-state index contributed by atoms with van der Waals surface area (Å²) in [4.78, 5) is 11.1. The van der Waals surface area contributed by atoms with E-state index in [0.29, 0.717) is 5.56 Å². The minimum Gasteiger partial charge on any atom is -0.387 e. The van der Waals surface area contributed by atoms with Gasteiger partial charge in [-0.05, 0) is 24.7 Å². The van der Waals surface area contributed by atoms with Crippen LogP contribution in [-0.4, -0.2) is 31.2 Å². The Morgan fingerprint density at radius 2 is 2.00 bits per heavy atom. The van der Waals surface area contributed by atoms with Crippen molar-refractivity contribution in [2.24, 2.45) is 0 Å². The summed E-state index contributed by atoms with van der Waals surface area (Å²) in [6, 6.07) is 5.52. The number of carbonyl (C=O) groups is 1. The Hall–Kier alpha value is -1.17. The SMILES string of the molecule is CNCC(=O)NCC(O)c1ccc(F)cc1.Cl. The predicted octanol–water partition coefficient (Wildman–Crippen LogP) is 0.616. The fourth-order valence-corrected chi connectivity index (χ4v) is 1.24. The molecular weight excluding hydrogens is 247 g/mol. The zero-order chi connectivity index (χ0) is 12.0. The molecule has 0 fully saturated rings. The van der Waals surface area contributed by atoms with E-state index in [9.17, 15) is 14.3 Å². The quantitative estimate of drug-likeness (QED) is 0.729. The number of aliphatic hydroxyl groups excluding tert-OH is 1. The fraction of sp³-hybridized carbons (Fsp3) is 0.364. The Balaban J connectivity index is 0.00000256. The molecule has 0 aromatic heterocycles. The summed E-state index contributed by atoms with van der Waals surface area (Å²) in [5, 5.41) is 14.9. The average Bonchev–Trinajstić information content (AvgIpc) is 2.27. The number of aliphatic hydroxyl groups is 1. The van der Waals surface area contributed by atoms with Crippen molar-refractivity contribution in [3.05, 3.63) is 35.6 Å². The van der Waals surface area contributed by atoms with Gasteiger partial charge >= 0.3 is 0 Å². The van der Waals surface area contributed by atoms with E-state index >= 15 is 0 Å². The smallest absolute Gasteiger partial charge is 0.234 e. The molecule has 1 atom stereocenters. The summed E-state index contributed by atoms with van der Waals surface area (Å²) in [5.74, 6) is -0.543. The number of carbonyl (C=O) groups excluding carboxylic acids is 1. The third-order valence-electron chi connectivity index (χ3n) is 2.08. The molecule has 0 saturated carbocycles. The maximum absolute atomic E-state index is 12.6. The molecule has 6 heteroatoms. The van der Waals surface area contributed by atoms with Crippen molar-refractivity contribution in [3.8, 4) is 0 Å². The Bertz CT molecular complexity index is 346. The molecule has 0 aliphatic heterocycles. The monoisotopic (exact) mass is 262 g/mol. The summed E-state index contributed by atoms with van der Waals surface area (Å²) in [6.07, 6.45) is -0.818. The fourth-order valence-electron chi connectivity index (χ4n) is 1.24. The van der Waals surface area contributed by atoms with Crippen LogP contribution in [0.25, 0.3) is 0 Å². The van der Waals surface area contributed by atoms with Crippen molar-refractivity contribution in [2.75, 3.05) is 20.1 Å². The van der Waals surface area contributed by atoms with Crippen LogP contribution in [0.5, 0.6) is 0 Å². The van der Waals surface area contributed by atoms with Gasteiger partial charge in [0.15, 0.2) is 0 Å². The predicted molar refractivity (Wildman–Crippen MR) is 65.5 cm³/mol. The van der Waals surface area contributed by atoms with E-state index in [-0.39, 0.29) is 37.2 Å². The number of halogens is 2. The van der Waals surface area contributed by atoms with Gasteiger partial charge in [-0.2, -0.15) is 0 Å². The van der Waals surface area contributed by atoms with Crippen molar-refractivity contribution < 1.29 is 14.3 Å². The van der Waals surface area contributed by atoms with E-state index < -0.39 is 6.10 Å². The first kappa shape index (κ1) is 15.8. The average molecular weight is 263 g/mol. The van der Waals surface area contributed by atoms with Crippen LogP contribution in [-0.2, 0) is 4.79 Å². The van der Waals surface area contributed by atoms with E-state index in [2.05, 4.69) is 10.6 Å². The van der Waals surface area contributed by atoms with E-state index in [1.54, 1.807) is 7.05 Å². The second-order valence-corrected chi connectivity index (χ2v) is 3.40. The summed E-state index contributed by atoms with van der Waals surface area (Å²) < 4.78 is 12.6. The van der Waals surface area contributed by atoms with Crippen LogP contribution in [0.1, 0.15) is 11.7 Å². The van der Waals surface area contributed by atoms with Crippen LogP contribution in [0.2, 0.25) is 0 Å². The van der Waals surface area contributed by atoms with E-state index in [1.807, 2.05) is 0 Å². The van der Waals surface area contributed by atoms with E-state index in [4.69, 9.17) is 0 Å². The van der Waals surface area contributed by atoms with E-state index in [1.165, 1.54) is 24.3 Å². The van der Waals surface area contributed by atoms with Gasteiger partial charge < -0.3 is 15.7 Å². The molecule has 0 saturated heterocycles. The molecule has 0 radical (unpaired) electrons. The lowest BCUT2D eigenvalue weighted by atomic mass is 10.1. The molecule has 0 bridgehead atoms. The molecule has 4 nitrogen and oxygen atoms in total. The normalized spacial score (nSPS) is 11.5. The molecule has 17 heavy (non-hydrogen) atoms. The Morgan fingerprint density at radius 1 is 1.41 bits per heavy atom. The number of amides is 1. The summed E-state index contributed by atoms with van der Waals surface area (Å²) in [5.41, 5.74) is 0.575. The lowest BCUT2D eigenvalue weighted by Gasteiger charge is -2.12. The highest BCUT2D eigenvalue weighted by atomic mass is 35.5. The molecule has 3 N–H and O–H groups in total. The standard InChI is InChI=1S/C11H15FN2O2.ClH/c1-13-7-11(16)14-6-10(15)8-2-4-9(12)5-3-8;/h2-5,10,13,15H,6-7H2,1H3,(H,14,16);1H. The first-order valence-corrected chi connectivity index (χ1v) is 4.98. The Labute approximate surface area is 106 Å². The number of hydrogen-bond donors (Lipinski definition) is 3. The molecule has 1 unspecified atom stereocenters. The highest BCUT2D eigenvalue weighted by Crippen LogP contribution is 2.12. The second kappa shape index (κ2) is 8.00. The van der Waals surface area contributed by atoms with Crippen molar-refractivity contribution in [2.45, 2.75) is 6.10 Å². The number of rotatable bonds is 5. The third-order valence-corrected chi connectivity index (χ3v) is 2.08. The first-order chi connectivity index (χ1) is 7.63. The van der Waals surface area contributed by atoms with Crippen molar-refractivity contribution >= 4 is 18.3 Å². The van der Waals surface area contributed by atoms with Crippen LogP contribution in [0.15, 0.2) is 24.3 Å². The van der Waals surface area contributed by atoms with Gasteiger partial charge in [-0.3, -0.25) is 4.79 Å². The molecule has 0 aliphatic rings. The molecular formula is C11H16ClFN2O2. The first-order valence-electron chi connectivity index (χ1n) is 4.98. The van der Waals surface area contributed by atoms with Gasteiger partial charge in [0.1, 0.15) is 5.82 Å². The maximum atomic E-state index is 12.6. The number of nitrogens with one attached hydrogen (secondary N) is 2. The van der Waals surface area contributed by atoms with Gasteiger partial charge in [-0.1, -0.05) is 12.1 Å². The summed E-state index contributed by atoms with van der Waals surface area (Å²) >= 11 is 0. The van der Waals surface area contributed by atoms with Gasteiger partial charge in [-0.15, -0.1) is 12.4 Å². The van der Waals surface area contributed by atoms with Crippen LogP contribution in [0.3, 0.4) is 0 Å². The molecule has 1 aromatic rings. The topological polar surface area (TPSA) is 61.4 Å². The van der Waals surface area contributed by atoms with Crippen LogP contribution < -0.4 is 10.6 Å². The molecule has 0 heterocycles. The van der Waals surface area contributed by atoms with Gasteiger partial charge in [-0.25, -0.2) is 4.39 Å². The molecule has 1 aromatic carbocycles. The minimum atomic E-state index is -0.818. The second-order valence-electron chi connectivity index (χ2n) is 3.40. The summed E-state index contributed by atoms with van der Waals surface area (Å²) in [6.45, 7) is 0.322. The van der Waals surface area contributed by atoms with E-state index in [0.717, 1.165) is 0 Å². The van der Waals surface area contributed by atoms with Gasteiger partial charge in [0.25, 0.3) is 0 Å². The van der Waals surface area contributed by atoms with Crippen molar-refractivity contribution in [3.63, 3.8) is 0 Å². The lowest BCUT2D eigenvalue weighted by Crippen LogP contribution is -2.34. The molecule has 1 amide bonds. The van der Waals surface area contributed by atoms with Gasteiger partial charge in [0.2, 0.25) is 5.91 Å². The minimum absolute atomic E-state index is 0. The zero-order valence-electron chi connectivity index (χ0n) is 9.44. The highest BCUT2D eigenvalue weighted by molar-refractivity contribution is 5.85.